The molecule has 36 heavy (non-hydrogen) atoms. The maximum Gasteiger partial charge on any atom is 0.339 e. The van der Waals surface area contributed by atoms with Gasteiger partial charge in [-0.1, -0.05) is 67.1 Å². The molecule has 5 nitrogen and oxygen atoms in total. The molecule has 6 rings (SSSR count). The lowest BCUT2D eigenvalue weighted by atomic mass is 9.91. The van der Waals surface area contributed by atoms with Crippen LogP contribution in [0.25, 0.3) is 10.9 Å². The van der Waals surface area contributed by atoms with Crippen LogP contribution >= 0.6 is 11.8 Å². The number of hydrogen-bond donors (Lipinski definition) is 0. The Bertz CT molecular complexity index is 1440. The van der Waals surface area contributed by atoms with Crippen molar-refractivity contribution in [3.8, 4) is 0 Å². The zero-order chi connectivity index (χ0) is 24.5. The third-order valence-corrected chi connectivity index (χ3v) is 8.01. The summed E-state index contributed by atoms with van der Waals surface area (Å²) in [6, 6.07) is 23.3. The lowest BCUT2D eigenvalue weighted by Gasteiger charge is -2.30. The predicted octanol–water partition coefficient (Wildman–Crippen LogP) is 6.88. The van der Waals surface area contributed by atoms with Gasteiger partial charge < -0.3 is 4.74 Å². The Kier molecular flexibility index (Phi) is 6.20. The number of carbonyl (C=O) groups is 2. The molecule has 1 amide bonds. The van der Waals surface area contributed by atoms with Crippen molar-refractivity contribution in [1.82, 2.24) is 4.98 Å². The van der Waals surface area contributed by atoms with E-state index in [1.54, 1.807) is 16.7 Å². The third-order valence-electron chi connectivity index (χ3n) is 6.88. The van der Waals surface area contributed by atoms with E-state index in [2.05, 4.69) is 0 Å². The first kappa shape index (κ1) is 22.8. The van der Waals surface area contributed by atoms with Gasteiger partial charge in [0, 0.05) is 20.9 Å². The second-order valence-corrected chi connectivity index (χ2v) is 10.3. The second-order valence-electron chi connectivity index (χ2n) is 9.19. The Morgan fingerprint density at radius 3 is 2.19 bits per heavy atom. The summed E-state index contributed by atoms with van der Waals surface area (Å²) in [5.74, 6) is -0.725. The number of aryl methyl sites for hydroxylation is 1. The molecule has 0 fully saturated rings. The molecule has 4 aromatic rings. The van der Waals surface area contributed by atoms with E-state index in [0.717, 1.165) is 75.4 Å². The fourth-order valence-corrected chi connectivity index (χ4v) is 6.25. The van der Waals surface area contributed by atoms with Crippen molar-refractivity contribution in [1.29, 1.82) is 0 Å². The van der Waals surface area contributed by atoms with E-state index >= 15 is 0 Å². The van der Waals surface area contributed by atoms with Gasteiger partial charge in [0.1, 0.15) is 0 Å². The highest BCUT2D eigenvalue weighted by atomic mass is 32.2. The molecule has 0 spiro atoms. The average Bonchev–Trinajstić information content (AvgIpc) is 2.90. The van der Waals surface area contributed by atoms with Crippen molar-refractivity contribution in [2.24, 2.45) is 0 Å². The molecule has 0 atom stereocenters. The minimum absolute atomic E-state index is 0.273. The molecule has 0 unspecified atom stereocenters. The molecule has 6 heteroatoms. The molecule has 2 heterocycles. The number of carbonyl (C=O) groups excluding carboxylic acids is 2. The number of benzene rings is 3. The van der Waals surface area contributed by atoms with Crippen LogP contribution in [0.2, 0.25) is 0 Å². The van der Waals surface area contributed by atoms with Crippen molar-refractivity contribution in [2.75, 3.05) is 11.5 Å². The number of aromatic nitrogens is 1. The summed E-state index contributed by atoms with van der Waals surface area (Å²) in [5.41, 5.74) is 4.95. The molecule has 1 aromatic heterocycles. The first-order chi connectivity index (χ1) is 17.7. The number of nitrogens with zero attached hydrogens (tertiary/aromatic N) is 2. The number of amides is 1. The standard InChI is InChI=1S/C30H26N2O3S/c33-28(32-24-15-7-9-17-26(24)36-27-18-10-8-16-25(27)32)19-35-30(34)29-20-11-3-1-2-4-13-22(20)31-23-14-6-5-12-21(23)29/h5-10,12,14-18H,1-4,11,13,19H2. The number of para-hydroxylation sites is 3. The minimum Gasteiger partial charge on any atom is -0.452 e. The first-order valence-corrected chi connectivity index (χ1v) is 13.3. The SMILES string of the molecule is O=C(OCC(=O)N1c2ccccc2Sc2ccccc21)c1c2c(nc3ccccc13)CCCCCC2. The van der Waals surface area contributed by atoms with E-state index in [1.807, 2.05) is 72.8 Å². The molecule has 0 saturated heterocycles. The van der Waals surface area contributed by atoms with Crippen LogP contribution in [-0.4, -0.2) is 23.5 Å². The lowest BCUT2D eigenvalue weighted by molar-refractivity contribution is -0.121. The molecule has 180 valence electrons. The highest BCUT2D eigenvalue weighted by molar-refractivity contribution is 7.99. The van der Waals surface area contributed by atoms with Crippen molar-refractivity contribution in [2.45, 2.75) is 48.3 Å². The van der Waals surface area contributed by atoms with Crippen LogP contribution in [0, 0.1) is 0 Å². The van der Waals surface area contributed by atoms with Gasteiger partial charge in [-0.2, -0.15) is 0 Å². The van der Waals surface area contributed by atoms with Gasteiger partial charge in [-0.15, -0.1) is 0 Å². The van der Waals surface area contributed by atoms with E-state index in [0.29, 0.717) is 5.56 Å². The number of rotatable bonds is 3. The van der Waals surface area contributed by atoms with Crippen LogP contribution in [0.4, 0.5) is 11.4 Å². The lowest BCUT2D eigenvalue weighted by Crippen LogP contribution is -2.32. The number of hydrogen-bond acceptors (Lipinski definition) is 5. The van der Waals surface area contributed by atoms with Crippen LogP contribution in [0.15, 0.2) is 82.6 Å². The Labute approximate surface area is 214 Å². The summed E-state index contributed by atoms with van der Waals surface area (Å²) in [6.07, 6.45) is 6.07. The summed E-state index contributed by atoms with van der Waals surface area (Å²) in [6.45, 7) is -0.336. The smallest absolute Gasteiger partial charge is 0.339 e. The Morgan fingerprint density at radius 1 is 0.806 bits per heavy atom. The van der Waals surface area contributed by atoms with Gasteiger partial charge in [0.2, 0.25) is 0 Å². The summed E-state index contributed by atoms with van der Waals surface area (Å²) in [7, 11) is 0. The molecule has 0 saturated carbocycles. The van der Waals surface area contributed by atoms with Crippen LogP contribution in [0.5, 0.6) is 0 Å². The van der Waals surface area contributed by atoms with Crippen molar-refractivity contribution in [3.63, 3.8) is 0 Å². The van der Waals surface area contributed by atoms with E-state index in [9.17, 15) is 9.59 Å². The molecule has 2 aliphatic rings. The fourth-order valence-electron chi connectivity index (χ4n) is 5.20. The largest absolute Gasteiger partial charge is 0.452 e. The van der Waals surface area contributed by atoms with Crippen LogP contribution in [-0.2, 0) is 22.4 Å². The van der Waals surface area contributed by atoms with Gasteiger partial charge in [-0.25, -0.2) is 4.79 Å². The molecular formula is C30H26N2O3S. The Balaban J connectivity index is 1.32. The zero-order valence-corrected chi connectivity index (χ0v) is 20.7. The van der Waals surface area contributed by atoms with E-state index < -0.39 is 5.97 Å². The number of ether oxygens (including phenoxy) is 1. The van der Waals surface area contributed by atoms with Crippen LogP contribution in [0.1, 0.15) is 47.3 Å². The average molecular weight is 495 g/mol. The molecule has 0 radical (unpaired) electrons. The van der Waals surface area contributed by atoms with E-state index in [4.69, 9.17) is 9.72 Å². The number of anilines is 2. The topological polar surface area (TPSA) is 59.5 Å². The monoisotopic (exact) mass is 494 g/mol. The summed E-state index contributed by atoms with van der Waals surface area (Å²) >= 11 is 1.64. The van der Waals surface area contributed by atoms with Gasteiger partial charge in [0.15, 0.2) is 6.61 Å². The second kappa shape index (κ2) is 9.78. The summed E-state index contributed by atoms with van der Waals surface area (Å²) in [5, 5.41) is 0.791. The third kappa shape index (κ3) is 4.16. The maximum absolute atomic E-state index is 13.6. The molecule has 3 aromatic carbocycles. The normalized spacial score (nSPS) is 14.7. The Morgan fingerprint density at radius 2 is 1.44 bits per heavy atom. The number of pyridine rings is 1. The van der Waals surface area contributed by atoms with Gasteiger partial charge in [0.05, 0.1) is 22.5 Å². The van der Waals surface area contributed by atoms with Crippen LogP contribution in [0.3, 0.4) is 0 Å². The van der Waals surface area contributed by atoms with Crippen molar-refractivity contribution in [3.05, 3.63) is 89.6 Å². The van der Waals surface area contributed by atoms with E-state index in [1.165, 1.54) is 6.42 Å². The van der Waals surface area contributed by atoms with Gasteiger partial charge in [0.25, 0.3) is 5.91 Å². The van der Waals surface area contributed by atoms with Gasteiger partial charge >= 0.3 is 5.97 Å². The Hall–Kier alpha value is -3.64. The van der Waals surface area contributed by atoms with E-state index in [-0.39, 0.29) is 12.5 Å². The number of fused-ring (bicyclic) bond motifs is 4. The molecule has 1 aliphatic carbocycles. The van der Waals surface area contributed by atoms with Gasteiger partial charge in [-0.05, 0) is 61.6 Å². The van der Waals surface area contributed by atoms with Crippen molar-refractivity contribution >= 4 is 45.9 Å². The highest BCUT2D eigenvalue weighted by Gasteiger charge is 2.29. The van der Waals surface area contributed by atoms with Crippen LogP contribution < -0.4 is 4.90 Å². The number of esters is 1. The minimum atomic E-state index is -0.452. The molecule has 0 bridgehead atoms. The molecule has 1 aliphatic heterocycles. The van der Waals surface area contributed by atoms with Crippen molar-refractivity contribution < 1.29 is 14.3 Å². The molecular weight excluding hydrogens is 468 g/mol. The first-order valence-electron chi connectivity index (χ1n) is 12.5. The zero-order valence-electron chi connectivity index (χ0n) is 19.9. The quantitative estimate of drug-likeness (QED) is 0.291. The summed E-state index contributed by atoms with van der Waals surface area (Å²) in [4.78, 5) is 35.7. The predicted molar refractivity (Wildman–Crippen MR) is 142 cm³/mol. The summed E-state index contributed by atoms with van der Waals surface area (Å²) < 4.78 is 5.75. The highest BCUT2D eigenvalue weighted by Crippen LogP contribution is 2.47. The fraction of sp³-hybridized carbons (Fsp3) is 0.233. The van der Waals surface area contributed by atoms with Gasteiger partial charge in [-0.3, -0.25) is 14.7 Å². The molecule has 0 N–H and O–H groups in total. The maximum atomic E-state index is 13.6.